The van der Waals surface area contributed by atoms with Crippen molar-refractivity contribution in [2.45, 2.75) is 39.3 Å². The summed E-state index contributed by atoms with van der Waals surface area (Å²) < 4.78 is 28.0. The highest BCUT2D eigenvalue weighted by molar-refractivity contribution is 5.98. The molecule has 4 aromatic rings. The Morgan fingerprint density at radius 2 is 1.86 bits per heavy atom. The van der Waals surface area contributed by atoms with Crippen molar-refractivity contribution < 1.29 is 23.2 Å². The molecule has 2 amide bonds. The van der Waals surface area contributed by atoms with Gasteiger partial charge in [0, 0.05) is 24.2 Å². The predicted octanol–water partition coefficient (Wildman–Crippen LogP) is 3.87. The number of carbonyl (C=O) groups excluding carboxylic acids is 3. The lowest BCUT2D eigenvalue weighted by atomic mass is 9.96. The molecule has 2 aromatic heterocycles. The monoisotopic (exact) mass is 503 g/mol. The quantitative estimate of drug-likeness (QED) is 0.389. The van der Waals surface area contributed by atoms with Crippen molar-refractivity contribution in [2.75, 3.05) is 0 Å². The Kier molecular flexibility index (Phi) is 6.24. The number of carbonyl (C=O) groups is 3. The summed E-state index contributed by atoms with van der Waals surface area (Å²) >= 11 is 0. The number of amides is 2. The van der Waals surface area contributed by atoms with E-state index < -0.39 is 23.4 Å². The molecule has 1 aliphatic rings. The summed E-state index contributed by atoms with van der Waals surface area (Å²) in [5, 5.41) is 9.80. The Labute approximate surface area is 210 Å². The molecule has 2 heterocycles. The van der Waals surface area contributed by atoms with Crippen molar-refractivity contribution in [3.05, 3.63) is 99.5 Å². The minimum Gasteiger partial charge on any atom is -0.347 e. The predicted molar refractivity (Wildman–Crippen MR) is 130 cm³/mol. The van der Waals surface area contributed by atoms with Crippen LogP contribution in [0.4, 0.5) is 8.78 Å². The van der Waals surface area contributed by atoms with Crippen LogP contribution in [-0.4, -0.2) is 32.2 Å². The Morgan fingerprint density at radius 1 is 1.05 bits per heavy atom. The number of nitrogens with zero attached hydrogens (tertiary/aromatic N) is 3. The van der Waals surface area contributed by atoms with E-state index in [0.717, 1.165) is 35.2 Å². The maximum atomic E-state index is 13.5. The lowest BCUT2D eigenvalue weighted by Crippen LogP contribution is -2.30. The van der Waals surface area contributed by atoms with Gasteiger partial charge >= 0.3 is 0 Å². The first-order chi connectivity index (χ1) is 17.7. The molecule has 1 aliphatic carbocycles. The summed E-state index contributed by atoms with van der Waals surface area (Å²) in [5.41, 5.74) is 4.42. The normalized spacial score (nSPS) is 14.4. The van der Waals surface area contributed by atoms with Crippen molar-refractivity contribution in [2.24, 2.45) is 0 Å². The van der Waals surface area contributed by atoms with Gasteiger partial charge in [0.25, 0.3) is 11.8 Å². The highest BCUT2D eigenvalue weighted by Crippen LogP contribution is 2.35. The smallest absolute Gasteiger partial charge is 0.270 e. The van der Waals surface area contributed by atoms with Crippen molar-refractivity contribution in [1.29, 1.82) is 0 Å². The molecule has 0 saturated carbocycles. The van der Waals surface area contributed by atoms with E-state index in [1.807, 2.05) is 13.0 Å². The number of nitrogens with one attached hydrogen (secondary N) is 2. The third-order valence-corrected chi connectivity index (χ3v) is 6.64. The fraction of sp³-hybridized carbons (Fsp3) is 0.222. The third kappa shape index (κ3) is 4.57. The Bertz CT molecular complexity index is 1580. The van der Waals surface area contributed by atoms with Crippen LogP contribution in [0, 0.1) is 18.6 Å². The fourth-order valence-electron chi connectivity index (χ4n) is 4.76. The lowest BCUT2D eigenvalue weighted by Gasteiger charge is -2.16. The lowest BCUT2D eigenvalue weighted by molar-refractivity contribution is 0.0927. The van der Waals surface area contributed by atoms with Crippen LogP contribution in [0.15, 0.2) is 48.7 Å². The molecule has 0 aliphatic heterocycles. The van der Waals surface area contributed by atoms with Gasteiger partial charge in [-0.25, -0.2) is 18.3 Å². The number of fused-ring (bicyclic) bond motifs is 2. The zero-order valence-electron chi connectivity index (χ0n) is 20.1. The Morgan fingerprint density at radius 3 is 2.62 bits per heavy atom. The topological polar surface area (TPSA) is 105 Å². The van der Waals surface area contributed by atoms with Crippen LogP contribution in [0.5, 0.6) is 0 Å². The summed E-state index contributed by atoms with van der Waals surface area (Å²) in [6.45, 7) is 3.40. The number of hydrogen-bond donors (Lipinski definition) is 2. The molecule has 188 valence electrons. The Hall–Kier alpha value is -4.47. The van der Waals surface area contributed by atoms with Crippen molar-refractivity contribution in [3.8, 4) is 0 Å². The second kappa shape index (κ2) is 9.53. The van der Waals surface area contributed by atoms with Crippen LogP contribution >= 0.6 is 0 Å². The molecule has 0 unspecified atom stereocenters. The van der Waals surface area contributed by atoms with Gasteiger partial charge in [0.1, 0.15) is 11.4 Å². The van der Waals surface area contributed by atoms with Gasteiger partial charge in [-0.15, -0.1) is 0 Å². The van der Waals surface area contributed by atoms with E-state index in [0.29, 0.717) is 23.2 Å². The molecule has 2 aromatic carbocycles. The summed E-state index contributed by atoms with van der Waals surface area (Å²) in [7, 11) is 0. The van der Waals surface area contributed by atoms with Gasteiger partial charge in [-0.3, -0.25) is 14.4 Å². The van der Waals surface area contributed by atoms with Crippen LogP contribution in [0.3, 0.4) is 0 Å². The van der Waals surface area contributed by atoms with Gasteiger partial charge in [-0.1, -0.05) is 18.2 Å². The van der Waals surface area contributed by atoms with Gasteiger partial charge < -0.3 is 10.6 Å². The highest BCUT2D eigenvalue weighted by atomic mass is 19.2. The first kappa shape index (κ1) is 24.2. The first-order valence-electron chi connectivity index (χ1n) is 11.7. The van der Waals surface area contributed by atoms with E-state index in [-0.39, 0.29) is 29.8 Å². The second-order valence-electron chi connectivity index (χ2n) is 8.99. The molecule has 0 bridgehead atoms. The molecule has 0 saturated heterocycles. The second-order valence-corrected chi connectivity index (χ2v) is 8.99. The Balaban J connectivity index is 1.37. The van der Waals surface area contributed by atoms with E-state index in [2.05, 4.69) is 20.7 Å². The number of Topliss-reactive ketones (excluding diaryl/α,β-unsaturated/α-hetero) is 1. The van der Waals surface area contributed by atoms with E-state index in [1.54, 1.807) is 12.1 Å². The first-order valence-corrected chi connectivity index (χ1v) is 11.7. The number of benzene rings is 2. The van der Waals surface area contributed by atoms with Crippen LogP contribution < -0.4 is 10.6 Å². The highest BCUT2D eigenvalue weighted by Gasteiger charge is 2.28. The van der Waals surface area contributed by atoms with Crippen molar-refractivity contribution >= 4 is 23.2 Å². The third-order valence-electron chi connectivity index (χ3n) is 6.64. The average Bonchev–Trinajstić information content (AvgIpc) is 3.51. The number of hydrogen-bond acceptors (Lipinski definition) is 5. The number of aromatic nitrogens is 3. The van der Waals surface area contributed by atoms with Crippen molar-refractivity contribution in [3.63, 3.8) is 0 Å². The van der Waals surface area contributed by atoms with Gasteiger partial charge in [0.2, 0.25) is 0 Å². The van der Waals surface area contributed by atoms with E-state index in [4.69, 9.17) is 0 Å². The van der Waals surface area contributed by atoms with E-state index in [1.165, 1.54) is 29.8 Å². The largest absolute Gasteiger partial charge is 0.347 e. The summed E-state index contributed by atoms with van der Waals surface area (Å²) in [6.07, 6.45) is 2.89. The summed E-state index contributed by atoms with van der Waals surface area (Å²) in [6, 6.07) is 9.68. The summed E-state index contributed by atoms with van der Waals surface area (Å²) in [4.78, 5) is 42.3. The molecule has 1 atom stereocenters. The molecule has 37 heavy (non-hydrogen) atoms. The molecule has 5 rings (SSSR count). The van der Waals surface area contributed by atoms with Gasteiger partial charge in [0.15, 0.2) is 23.1 Å². The molecule has 2 N–H and O–H groups in total. The minimum absolute atomic E-state index is 0.000939. The van der Waals surface area contributed by atoms with Crippen molar-refractivity contribution in [1.82, 2.24) is 25.2 Å². The molecule has 0 spiro atoms. The summed E-state index contributed by atoms with van der Waals surface area (Å²) in [5.74, 6) is -3.00. The SMILES string of the molecule is CC(=O)c1ccc2c(c1C)CC[C@@H]2NC(=O)c1cc(C(=O)NCc2ccc(F)c(F)c2)nc2ccnn12. The van der Waals surface area contributed by atoms with Crippen LogP contribution in [-0.2, 0) is 13.0 Å². The molecular formula is C27H23F2N5O3. The zero-order chi connectivity index (χ0) is 26.3. The number of ketones is 1. The maximum absolute atomic E-state index is 13.5. The van der Waals surface area contributed by atoms with Gasteiger partial charge in [0.05, 0.1) is 12.2 Å². The number of rotatable bonds is 6. The zero-order valence-corrected chi connectivity index (χ0v) is 20.1. The maximum Gasteiger partial charge on any atom is 0.270 e. The molecule has 8 nitrogen and oxygen atoms in total. The average molecular weight is 504 g/mol. The molecule has 0 radical (unpaired) electrons. The molecule has 10 heteroatoms. The standard InChI is InChI=1S/C27H23F2N5O3/c1-14-17(15(2)35)4-5-19-18(14)6-8-22(19)33-27(37)24-12-23(32-25-9-10-31-34(24)25)26(36)30-13-16-3-7-20(28)21(29)11-16/h3-5,7,9-12,22H,6,8,13H2,1-2H3,(H,30,36)(H,33,37)/t22-/m0/s1. The molecular weight excluding hydrogens is 480 g/mol. The van der Waals surface area contributed by atoms with Gasteiger partial charge in [-0.05, 0) is 61.1 Å². The fourth-order valence-corrected chi connectivity index (χ4v) is 4.76. The van der Waals surface area contributed by atoms with E-state index in [9.17, 15) is 23.2 Å². The van der Waals surface area contributed by atoms with Crippen LogP contribution in [0.2, 0.25) is 0 Å². The van der Waals surface area contributed by atoms with Gasteiger partial charge in [-0.2, -0.15) is 5.10 Å². The van der Waals surface area contributed by atoms with Crippen LogP contribution in [0.1, 0.15) is 73.0 Å². The molecule has 0 fully saturated rings. The van der Waals surface area contributed by atoms with Crippen LogP contribution in [0.25, 0.3) is 5.65 Å². The van der Waals surface area contributed by atoms with E-state index >= 15 is 0 Å². The number of halogens is 2. The minimum atomic E-state index is -1.01.